The zero-order chi connectivity index (χ0) is 20.6. The van der Waals surface area contributed by atoms with Crippen LogP contribution in [0.1, 0.15) is 23.4 Å². The first-order valence-corrected chi connectivity index (χ1v) is 11.8. The first-order valence-electron chi connectivity index (χ1n) is 9.56. The molecule has 1 unspecified atom stereocenters. The van der Waals surface area contributed by atoms with Crippen molar-refractivity contribution in [3.05, 3.63) is 40.7 Å². The number of halogens is 2. The van der Waals surface area contributed by atoms with Crippen LogP contribution in [0.3, 0.4) is 0 Å². The van der Waals surface area contributed by atoms with E-state index in [1.54, 1.807) is 0 Å². The summed E-state index contributed by atoms with van der Waals surface area (Å²) in [6.07, 6.45) is 2.08. The summed E-state index contributed by atoms with van der Waals surface area (Å²) in [5.41, 5.74) is 1.03. The predicted molar refractivity (Wildman–Crippen MR) is 116 cm³/mol. The van der Waals surface area contributed by atoms with Crippen molar-refractivity contribution >= 4 is 44.8 Å². The monoisotopic (exact) mass is 474 g/mol. The van der Waals surface area contributed by atoms with Crippen molar-refractivity contribution in [1.29, 1.82) is 0 Å². The number of nitrogens with zero attached hydrogens (tertiary/aromatic N) is 3. The van der Waals surface area contributed by atoms with E-state index in [9.17, 15) is 17.6 Å². The molecule has 0 saturated carbocycles. The average Bonchev–Trinajstić information content (AvgIpc) is 3.09. The Kier molecular flexibility index (Phi) is 7.13. The second-order valence-electron chi connectivity index (χ2n) is 7.52. The molecular formula is C19H24ClFN4O3S2. The number of rotatable bonds is 4. The van der Waals surface area contributed by atoms with Crippen molar-refractivity contribution in [3.63, 3.8) is 0 Å². The van der Waals surface area contributed by atoms with Crippen molar-refractivity contribution in [1.82, 2.24) is 14.2 Å². The molecule has 1 fully saturated rings. The Balaban J connectivity index is 0.00000256. The highest BCUT2D eigenvalue weighted by Gasteiger charge is 2.33. The third kappa shape index (κ3) is 4.83. The van der Waals surface area contributed by atoms with Gasteiger partial charge in [0.25, 0.3) is 0 Å². The summed E-state index contributed by atoms with van der Waals surface area (Å²) in [5.74, 6) is -1.14. The van der Waals surface area contributed by atoms with Crippen LogP contribution in [0, 0.1) is 11.7 Å². The van der Waals surface area contributed by atoms with Gasteiger partial charge >= 0.3 is 0 Å². The van der Waals surface area contributed by atoms with E-state index in [4.69, 9.17) is 0 Å². The van der Waals surface area contributed by atoms with Gasteiger partial charge in [0.1, 0.15) is 5.82 Å². The summed E-state index contributed by atoms with van der Waals surface area (Å²) in [5, 5.41) is 3.46. The van der Waals surface area contributed by atoms with Gasteiger partial charge in [0.05, 0.1) is 16.5 Å². The molecule has 2 aliphatic heterocycles. The fraction of sp³-hybridized carbons (Fsp3) is 0.474. The number of benzene rings is 1. The Labute approximate surface area is 185 Å². The third-order valence-electron chi connectivity index (χ3n) is 5.36. The molecule has 7 nitrogen and oxygen atoms in total. The molecule has 1 N–H and O–H groups in total. The Bertz CT molecular complexity index is 1010. The number of nitrogens with one attached hydrogen (secondary N) is 1. The summed E-state index contributed by atoms with van der Waals surface area (Å²) < 4.78 is 40.1. The molecule has 2 aliphatic rings. The molecule has 1 amide bonds. The highest BCUT2D eigenvalue weighted by molar-refractivity contribution is 7.89. The minimum atomic E-state index is -3.76. The van der Waals surface area contributed by atoms with E-state index in [-0.39, 0.29) is 29.8 Å². The van der Waals surface area contributed by atoms with E-state index in [1.807, 2.05) is 0 Å². The van der Waals surface area contributed by atoms with Gasteiger partial charge in [0.15, 0.2) is 5.13 Å². The van der Waals surface area contributed by atoms with E-state index >= 15 is 0 Å². The first-order chi connectivity index (χ1) is 13.8. The minimum absolute atomic E-state index is 0. The van der Waals surface area contributed by atoms with E-state index in [0.29, 0.717) is 24.5 Å². The van der Waals surface area contributed by atoms with Crippen LogP contribution in [0.4, 0.5) is 9.52 Å². The van der Waals surface area contributed by atoms with Crippen LogP contribution in [0.15, 0.2) is 29.2 Å². The van der Waals surface area contributed by atoms with Gasteiger partial charge in [-0.2, -0.15) is 4.31 Å². The average molecular weight is 475 g/mol. The summed E-state index contributed by atoms with van der Waals surface area (Å²) in [6.45, 7) is 2.24. The standard InChI is InChI=1S/C19H23FN4O3S2.ClH/c1-23-10-8-16-17(12-23)28-19(21-16)22-18(25)13-3-2-9-24(11-13)29(26,27)15-6-4-14(20)5-7-15;/h4-7,13H,2-3,8-12H2,1H3,(H,21,22,25);1H. The lowest BCUT2D eigenvalue weighted by Gasteiger charge is -2.31. The number of amides is 1. The maximum Gasteiger partial charge on any atom is 0.243 e. The van der Waals surface area contributed by atoms with Crippen molar-refractivity contribution < 1.29 is 17.6 Å². The highest BCUT2D eigenvalue weighted by atomic mass is 35.5. The maximum atomic E-state index is 13.1. The summed E-state index contributed by atoms with van der Waals surface area (Å²) in [6, 6.07) is 4.77. The zero-order valence-corrected chi connectivity index (χ0v) is 19.0. The Morgan fingerprint density at radius 1 is 1.27 bits per heavy atom. The SMILES string of the molecule is CN1CCc2nc(NC(=O)C3CCCN(S(=O)(=O)c4ccc(F)cc4)C3)sc2C1.Cl. The first kappa shape index (κ1) is 23.1. The van der Waals surface area contributed by atoms with E-state index in [0.717, 1.165) is 37.3 Å². The van der Waals surface area contributed by atoms with Crippen LogP contribution in [-0.2, 0) is 27.8 Å². The molecule has 1 aromatic heterocycles. The van der Waals surface area contributed by atoms with E-state index in [2.05, 4.69) is 22.2 Å². The van der Waals surface area contributed by atoms with Gasteiger partial charge in [-0.3, -0.25) is 4.79 Å². The highest BCUT2D eigenvalue weighted by Crippen LogP contribution is 2.29. The normalized spacial score (nSPS) is 20.3. The number of carbonyl (C=O) groups excluding carboxylic acids is 1. The van der Waals surface area contributed by atoms with Gasteiger partial charge in [0.2, 0.25) is 15.9 Å². The van der Waals surface area contributed by atoms with Crippen LogP contribution < -0.4 is 5.32 Å². The molecule has 11 heteroatoms. The van der Waals surface area contributed by atoms with Gasteiger partial charge in [-0.25, -0.2) is 17.8 Å². The van der Waals surface area contributed by atoms with Crippen LogP contribution in [-0.4, -0.2) is 55.2 Å². The molecule has 30 heavy (non-hydrogen) atoms. The van der Waals surface area contributed by atoms with E-state index in [1.165, 1.54) is 32.7 Å². The van der Waals surface area contributed by atoms with Gasteiger partial charge in [-0.05, 0) is 44.2 Å². The number of hydrogen-bond donors (Lipinski definition) is 1. The van der Waals surface area contributed by atoms with Crippen LogP contribution in [0.5, 0.6) is 0 Å². The number of anilines is 1. The lowest BCUT2D eigenvalue weighted by molar-refractivity contribution is -0.120. The van der Waals surface area contributed by atoms with Crippen molar-refractivity contribution in [3.8, 4) is 0 Å². The molecule has 1 saturated heterocycles. The Hall–Kier alpha value is -1.59. The molecule has 0 aliphatic carbocycles. The maximum absolute atomic E-state index is 13.1. The van der Waals surface area contributed by atoms with Gasteiger partial charge in [0, 0.05) is 37.5 Å². The second-order valence-corrected chi connectivity index (χ2v) is 10.5. The Morgan fingerprint density at radius 2 is 2.00 bits per heavy atom. The number of hydrogen-bond acceptors (Lipinski definition) is 6. The topological polar surface area (TPSA) is 82.6 Å². The molecule has 164 valence electrons. The van der Waals surface area contributed by atoms with Crippen molar-refractivity contribution in [2.45, 2.75) is 30.7 Å². The number of sulfonamides is 1. The number of carbonyl (C=O) groups is 1. The number of thiazole rings is 1. The minimum Gasteiger partial charge on any atom is -0.302 e. The molecule has 4 rings (SSSR count). The van der Waals surface area contributed by atoms with Crippen LogP contribution in [0.2, 0.25) is 0 Å². The van der Waals surface area contributed by atoms with Crippen LogP contribution in [0.25, 0.3) is 0 Å². The lowest BCUT2D eigenvalue weighted by Crippen LogP contribution is -2.43. The van der Waals surface area contributed by atoms with Crippen LogP contribution >= 0.6 is 23.7 Å². The predicted octanol–water partition coefficient (Wildman–Crippen LogP) is 2.73. The molecule has 2 aromatic rings. The van der Waals surface area contributed by atoms with Gasteiger partial charge in [-0.15, -0.1) is 23.7 Å². The summed E-state index contributed by atoms with van der Waals surface area (Å²) in [4.78, 5) is 20.7. The molecule has 0 radical (unpaired) electrons. The van der Waals surface area contributed by atoms with Crippen molar-refractivity contribution in [2.75, 3.05) is 32.0 Å². The number of likely N-dealkylation sites (N-methyl/N-ethyl adjacent to an activating group) is 1. The fourth-order valence-electron chi connectivity index (χ4n) is 3.71. The smallest absolute Gasteiger partial charge is 0.243 e. The molecule has 3 heterocycles. The lowest BCUT2D eigenvalue weighted by atomic mass is 9.99. The molecule has 0 bridgehead atoms. The number of piperidine rings is 1. The van der Waals surface area contributed by atoms with Gasteiger partial charge < -0.3 is 10.2 Å². The summed E-state index contributed by atoms with van der Waals surface area (Å²) >= 11 is 1.48. The molecule has 1 atom stereocenters. The largest absolute Gasteiger partial charge is 0.302 e. The second kappa shape index (κ2) is 9.27. The third-order valence-corrected chi connectivity index (χ3v) is 8.24. The molecular weight excluding hydrogens is 451 g/mol. The molecule has 1 aromatic carbocycles. The number of aromatic nitrogens is 1. The van der Waals surface area contributed by atoms with Crippen molar-refractivity contribution in [2.24, 2.45) is 5.92 Å². The van der Waals surface area contributed by atoms with E-state index < -0.39 is 21.8 Å². The zero-order valence-electron chi connectivity index (χ0n) is 16.5. The molecule has 0 spiro atoms. The summed E-state index contributed by atoms with van der Waals surface area (Å²) in [7, 11) is -1.70. The fourth-order valence-corrected chi connectivity index (χ4v) is 6.33. The van der Waals surface area contributed by atoms with Gasteiger partial charge in [-0.1, -0.05) is 0 Å². The quantitative estimate of drug-likeness (QED) is 0.736. The number of fused-ring (bicyclic) bond motifs is 1. The Morgan fingerprint density at radius 3 is 2.73 bits per heavy atom.